The molecule has 2 aromatic heterocycles. The van der Waals surface area contributed by atoms with Crippen molar-refractivity contribution < 1.29 is 37.0 Å². The van der Waals surface area contributed by atoms with Crippen molar-refractivity contribution in [1.29, 1.82) is 0 Å². The van der Waals surface area contributed by atoms with Gasteiger partial charge in [0.05, 0.1) is 35.5 Å². The molecule has 1 atom stereocenters. The van der Waals surface area contributed by atoms with E-state index in [2.05, 4.69) is 15.3 Å². The number of aliphatic hydroxyl groups is 1. The Balaban J connectivity index is 1.79. The Morgan fingerprint density at radius 3 is 2.42 bits per heavy atom. The predicted molar refractivity (Wildman–Crippen MR) is 140 cm³/mol. The number of fused-ring (bicyclic) bond motifs is 1. The number of nitrogen functional groups attached to an aromatic ring is 1. The molecule has 0 spiro atoms. The van der Waals surface area contributed by atoms with Crippen molar-refractivity contribution in [2.24, 2.45) is 5.73 Å². The SMILES string of the molecule is CCOc1c(CC(N)=O)cc([C@@](O)(CNC(=O)c2ccc3sc(N)nc3c2)C(F)(F)F)nc1-c1ccc(F)cc1. The first-order chi connectivity index (χ1) is 18.8. The number of hydrogen-bond donors (Lipinski definition) is 4. The Morgan fingerprint density at radius 1 is 1.10 bits per heavy atom. The number of ether oxygens (including phenoxy) is 1. The molecule has 2 amide bonds. The van der Waals surface area contributed by atoms with Gasteiger partial charge in [0.2, 0.25) is 11.5 Å². The first-order valence-electron chi connectivity index (χ1n) is 11.8. The molecule has 210 valence electrons. The minimum atomic E-state index is -5.34. The molecule has 6 N–H and O–H groups in total. The Labute approximate surface area is 228 Å². The van der Waals surface area contributed by atoms with E-state index in [0.29, 0.717) is 10.2 Å². The summed E-state index contributed by atoms with van der Waals surface area (Å²) in [6, 6.07) is 9.79. The normalized spacial score (nSPS) is 13.2. The van der Waals surface area contributed by atoms with Crippen molar-refractivity contribution in [3.05, 3.63) is 71.2 Å². The van der Waals surface area contributed by atoms with E-state index in [-0.39, 0.29) is 39.9 Å². The summed E-state index contributed by atoms with van der Waals surface area (Å²) in [5.74, 6) is -2.47. The lowest BCUT2D eigenvalue weighted by atomic mass is 9.93. The summed E-state index contributed by atoms with van der Waals surface area (Å²) in [6.45, 7) is 0.331. The van der Waals surface area contributed by atoms with Crippen molar-refractivity contribution in [1.82, 2.24) is 15.3 Å². The highest BCUT2D eigenvalue weighted by Crippen LogP contribution is 2.42. The molecular formula is C26H23F4N5O4S. The van der Waals surface area contributed by atoms with Crippen LogP contribution in [0.5, 0.6) is 5.75 Å². The minimum absolute atomic E-state index is 0.0107. The monoisotopic (exact) mass is 577 g/mol. The van der Waals surface area contributed by atoms with Gasteiger partial charge in [0.25, 0.3) is 5.91 Å². The number of carbonyl (C=O) groups is 2. The molecule has 0 aliphatic heterocycles. The number of alkyl halides is 3. The quantitative estimate of drug-likeness (QED) is 0.221. The number of pyridine rings is 1. The van der Waals surface area contributed by atoms with Crippen LogP contribution < -0.4 is 21.5 Å². The number of aromatic nitrogens is 2. The van der Waals surface area contributed by atoms with E-state index in [1.165, 1.54) is 35.6 Å². The maximum atomic E-state index is 14.4. The van der Waals surface area contributed by atoms with Crippen LogP contribution in [0.4, 0.5) is 22.7 Å². The van der Waals surface area contributed by atoms with Gasteiger partial charge in [0, 0.05) is 16.7 Å². The Bertz CT molecular complexity index is 1580. The zero-order valence-corrected chi connectivity index (χ0v) is 21.7. The number of halogens is 4. The number of nitrogens with one attached hydrogen (secondary N) is 1. The van der Waals surface area contributed by atoms with Gasteiger partial charge in [0.15, 0.2) is 5.13 Å². The van der Waals surface area contributed by atoms with Crippen LogP contribution in [0.25, 0.3) is 21.5 Å². The highest BCUT2D eigenvalue weighted by Gasteiger charge is 2.56. The number of anilines is 1. The predicted octanol–water partition coefficient (Wildman–Crippen LogP) is 3.69. The van der Waals surface area contributed by atoms with Gasteiger partial charge in [-0.15, -0.1) is 0 Å². The van der Waals surface area contributed by atoms with Crippen LogP contribution in [0, 0.1) is 5.82 Å². The first-order valence-corrected chi connectivity index (χ1v) is 12.6. The van der Waals surface area contributed by atoms with Crippen LogP contribution in [0.3, 0.4) is 0 Å². The number of carbonyl (C=O) groups excluding carboxylic acids is 2. The molecule has 0 saturated carbocycles. The van der Waals surface area contributed by atoms with Crippen LogP contribution in [-0.2, 0) is 16.8 Å². The molecule has 4 aromatic rings. The van der Waals surface area contributed by atoms with Gasteiger partial charge in [-0.25, -0.2) is 14.4 Å². The first kappa shape index (κ1) is 28.7. The highest BCUT2D eigenvalue weighted by atomic mass is 32.1. The Morgan fingerprint density at radius 2 is 1.80 bits per heavy atom. The number of nitrogens with zero attached hydrogens (tertiary/aromatic N) is 2. The van der Waals surface area contributed by atoms with Crippen molar-refractivity contribution in [2.45, 2.75) is 25.1 Å². The van der Waals surface area contributed by atoms with Crippen molar-refractivity contribution in [3.8, 4) is 17.0 Å². The summed E-state index contributed by atoms with van der Waals surface area (Å²) in [4.78, 5) is 32.7. The largest absolute Gasteiger partial charge is 0.491 e. The van der Waals surface area contributed by atoms with Crippen molar-refractivity contribution in [2.75, 3.05) is 18.9 Å². The van der Waals surface area contributed by atoms with E-state index in [0.717, 1.165) is 18.2 Å². The molecule has 0 saturated heterocycles. The topological polar surface area (TPSA) is 153 Å². The summed E-state index contributed by atoms with van der Waals surface area (Å²) < 4.78 is 63.2. The fraction of sp³-hybridized carbons (Fsp3) is 0.231. The summed E-state index contributed by atoms with van der Waals surface area (Å²) in [5.41, 5.74) is 6.62. The molecular weight excluding hydrogens is 554 g/mol. The zero-order chi connectivity index (χ0) is 29.2. The second kappa shape index (κ2) is 11.1. The summed E-state index contributed by atoms with van der Waals surface area (Å²) in [5, 5.41) is 13.4. The lowest BCUT2D eigenvalue weighted by Crippen LogP contribution is -2.51. The minimum Gasteiger partial charge on any atom is -0.491 e. The third-order valence-corrected chi connectivity index (χ3v) is 6.75. The average molecular weight is 578 g/mol. The second-order valence-corrected chi connectivity index (χ2v) is 9.76. The number of rotatable bonds is 9. The molecule has 0 unspecified atom stereocenters. The van der Waals surface area contributed by atoms with Gasteiger partial charge in [-0.2, -0.15) is 13.2 Å². The van der Waals surface area contributed by atoms with Gasteiger partial charge in [-0.05, 0) is 55.5 Å². The van der Waals surface area contributed by atoms with Crippen LogP contribution in [0.2, 0.25) is 0 Å². The molecule has 14 heteroatoms. The van der Waals surface area contributed by atoms with Crippen LogP contribution in [0.15, 0.2) is 48.5 Å². The summed E-state index contributed by atoms with van der Waals surface area (Å²) in [6.07, 6.45) is -5.88. The molecule has 4 rings (SSSR count). The van der Waals surface area contributed by atoms with Crippen molar-refractivity contribution >= 4 is 38.5 Å². The Hall–Kier alpha value is -4.30. The van der Waals surface area contributed by atoms with E-state index in [1.54, 1.807) is 13.0 Å². The van der Waals surface area contributed by atoms with Crippen molar-refractivity contribution in [3.63, 3.8) is 0 Å². The third kappa shape index (κ3) is 5.82. The molecule has 0 aliphatic carbocycles. The molecule has 0 fully saturated rings. The van der Waals surface area contributed by atoms with Gasteiger partial charge in [-0.1, -0.05) is 11.3 Å². The van der Waals surface area contributed by atoms with Crippen LogP contribution in [-0.4, -0.2) is 46.2 Å². The number of hydrogen-bond acceptors (Lipinski definition) is 8. The molecule has 0 radical (unpaired) electrons. The number of primary amides is 1. The van der Waals surface area contributed by atoms with Crippen LogP contribution >= 0.6 is 11.3 Å². The fourth-order valence-electron chi connectivity index (χ4n) is 3.96. The highest BCUT2D eigenvalue weighted by molar-refractivity contribution is 7.22. The number of amides is 2. The molecule has 40 heavy (non-hydrogen) atoms. The van der Waals surface area contributed by atoms with Gasteiger partial charge < -0.3 is 26.6 Å². The van der Waals surface area contributed by atoms with Gasteiger partial charge >= 0.3 is 6.18 Å². The summed E-state index contributed by atoms with van der Waals surface area (Å²) in [7, 11) is 0. The standard InChI is InChI=1S/C26H23F4N5O4S/c1-2-39-22-15(11-20(31)36)10-19(35-21(22)13-3-6-16(27)7-4-13)25(38,26(28,29)30)12-33-23(37)14-5-8-18-17(9-14)34-24(32)40-18/h3-10,38H,2,11-12H2,1H3,(H2,31,36)(H2,32,34)(H,33,37)/t25-/m0/s1. The van der Waals surface area contributed by atoms with E-state index < -0.39 is 48.1 Å². The molecule has 0 bridgehead atoms. The average Bonchev–Trinajstić information content (AvgIpc) is 3.26. The van der Waals surface area contributed by atoms with E-state index in [1.807, 2.05) is 0 Å². The number of benzene rings is 2. The van der Waals surface area contributed by atoms with E-state index in [9.17, 15) is 32.3 Å². The lowest BCUT2D eigenvalue weighted by Gasteiger charge is -2.31. The molecule has 0 aliphatic rings. The number of nitrogens with two attached hydrogens (primary N) is 2. The number of thiazole rings is 1. The second-order valence-electron chi connectivity index (χ2n) is 8.70. The third-order valence-electron chi connectivity index (χ3n) is 5.88. The fourth-order valence-corrected chi connectivity index (χ4v) is 4.67. The zero-order valence-electron chi connectivity index (χ0n) is 20.9. The van der Waals surface area contributed by atoms with Gasteiger partial charge in [0.1, 0.15) is 17.3 Å². The smallest absolute Gasteiger partial charge is 0.424 e. The van der Waals surface area contributed by atoms with E-state index in [4.69, 9.17) is 16.2 Å². The van der Waals surface area contributed by atoms with Crippen LogP contribution in [0.1, 0.15) is 28.5 Å². The maximum Gasteiger partial charge on any atom is 0.424 e. The van der Waals surface area contributed by atoms with E-state index >= 15 is 0 Å². The lowest BCUT2D eigenvalue weighted by molar-refractivity contribution is -0.265. The summed E-state index contributed by atoms with van der Waals surface area (Å²) >= 11 is 1.18. The molecule has 9 nitrogen and oxygen atoms in total. The molecule has 2 aromatic carbocycles. The van der Waals surface area contributed by atoms with Gasteiger partial charge in [-0.3, -0.25) is 9.59 Å². The molecule has 2 heterocycles. The maximum absolute atomic E-state index is 14.4. The Kier molecular flexibility index (Phi) is 7.93.